The van der Waals surface area contributed by atoms with Crippen molar-refractivity contribution in [3.8, 4) is 0 Å². The van der Waals surface area contributed by atoms with Crippen molar-refractivity contribution < 1.29 is 13.6 Å². The summed E-state index contributed by atoms with van der Waals surface area (Å²) in [6, 6.07) is 2.58. The molecule has 1 amide bonds. The molecule has 0 aliphatic heterocycles. The number of rotatable bonds is 3. The topological polar surface area (TPSA) is 29.1 Å². The van der Waals surface area contributed by atoms with Crippen LogP contribution < -0.4 is 5.32 Å². The number of benzene rings is 1. The molecule has 0 saturated heterocycles. The Kier molecular flexibility index (Phi) is 4.17. The minimum absolute atomic E-state index is 0.133. The normalized spacial score (nSPS) is 10.8. The summed E-state index contributed by atoms with van der Waals surface area (Å²) in [4.78, 5) is 10.6. The number of hydrogen-bond acceptors (Lipinski definition) is 1. The summed E-state index contributed by atoms with van der Waals surface area (Å²) < 4.78 is 25.9. The van der Waals surface area contributed by atoms with Crippen LogP contribution in [0, 0.1) is 18.6 Å². The summed E-state index contributed by atoms with van der Waals surface area (Å²) in [5, 5.41) is 2.57. The Morgan fingerprint density at radius 2 is 2.12 bits per heavy atom. The summed E-state index contributed by atoms with van der Waals surface area (Å²) in [7, 11) is 0. The van der Waals surface area contributed by atoms with Gasteiger partial charge in [0, 0.05) is 13.5 Å². The second kappa shape index (κ2) is 5.39. The first kappa shape index (κ1) is 12.4. The molecule has 1 rings (SSSR count). The molecular weight excluding hydrogens is 212 g/mol. The zero-order chi connectivity index (χ0) is 12.1. The van der Waals surface area contributed by atoms with Gasteiger partial charge in [-0.1, -0.05) is 18.2 Å². The maximum atomic E-state index is 13.2. The zero-order valence-electron chi connectivity index (χ0n) is 9.18. The highest BCUT2D eigenvalue weighted by Gasteiger charge is 2.06. The van der Waals surface area contributed by atoms with Gasteiger partial charge in [-0.15, -0.1) is 0 Å². The molecule has 1 aromatic carbocycles. The molecule has 16 heavy (non-hydrogen) atoms. The van der Waals surface area contributed by atoms with E-state index in [-0.39, 0.29) is 11.5 Å². The first-order chi connectivity index (χ1) is 7.52. The van der Waals surface area contributed by atoms with Gasteiger partial charge in [-0.05, 0) is 24.1 Å². The van der Waals surface area contributed by atoms with E-state index in [0.29, 0.717) is 12.1 Å². The lowest BCUT2D eigenvalue weighted by atomic mass is 10.1. The van der Waals surface area contributed by atoms with Gasteiger partial charge in [0.15, 0.2) is 11.6 Å². The van der Waals surface area contributed by atoms with Crippen molar-refractivity contribution in [1.82, 2.24) is 5.32 Å². The smallest absolute Gasteiger partial charge is 0.217 e. The fourth-order valence-corrected chi connectivity index (χ4v) is 1.24. The van der Waals surface area contributed by atoms with Gasteiger partial charge in [-0.2, -0.15) is 0 Å². The number of amides is 1. The maximum absolute atomic E-state index is 13.2. The first-order valence-corrected chi connectivity index (χ1v) is 4.88. The molecule has 0 aliphatic carbocycles. The van der Waals surface area contributed by atoms with Crippen LogP contribution in [0.25, 0.3) is 6.08 Å². The highest BCUT2D eigenvalue weighted by molar-refractivity contribution is 5.73. The second-order valence-electron chi connectivity index (χ2n) is 3.42. The summed E-state index contributed by atoms with van der Waals surface area (Å²) >= 11 is 0. The average molecular weight is 225 g/mol. The molecule has 0 radical (unpaired) electrons. The molecular formula is C12H13F2NO. The van der Waals surface area contributed by atoms with Crippen LogP contribution in [0.2, 0.25) is 0 Å². The van der Waals surface area contributed by atoms with E-state index >= 15 is 0 Å². The Morgan fingerprint density at radius 1 is 1.44 bits per heavy atom. The van der Waals surface area contributed by atoms with E-state index in [2.05, 4.69) is 5.32 Å². The van der Waals surface area contributed by atoms with Gasteiger partial charge in [-0.3, -0.25) is 4.79 Å². The fraction of sp³-hybridized carbons (Fsp3) is 0.250. The van der Waals surface area contributed by atoms with Crippen LogP contribution in [0.1, 0.15) is 18.1 Å². The molecule has 0 aliphatic rings. The van der Waals surface area contributed by atoms with Gasteiger partial charge in [0.2, 0.25) is 5.91 Å². The van der Waals surface area contributed by atoms with E-state index in [0.717, 1.165) is 6.07 Å². The molecule has 0 unspecified atom stereocenters. The minimum Gasteiger partial charge on any atom is -0.353 e. The zero-order valence-corrected chi connectivity index (χ0v) is 9.18. The van der Waals surface area contributed by atoms with Gasteiger partial charge in [0.1, 0.15) is 0 Å². The standard InChI is InChI=1S/C12H13F2NO/c1-8-10(4-3-7-15-9(2)16)5-6-11(13)12(8)14/h3-6H,7H2,1-2H3,(H,15,16). The highest BCUT2D eigenvalue weighted by atomic mass is 19.2. The van der Waals surface area contributed by atoms with Crippen LogP contribution in [0.5, 0.6) is 0 Å². The van der Waals surface area contributed by atoms with Gasteiger partial charge < -0.3 is 5.32 Å². The lowest BCUT2D eigenvalue weighted by molar-refractivity contribution is -0.118. The van der Waals surface area contributed by atoms with Crippen molar-refractivity contribution in [3.63, 3.8) is 0 Å². The van der Waals surface area contributed by atoms with Crippen molar-refractivity contribution in [2.24, 2.45) is 0 Å². The second-order valence-corrected chi connectivity index (χ2v) is 3.42. The van der Waals surface area contributed by atoms with Crippen molar-refractivity contribution in [1.29, 1.82) is 0 Å². The number of carbonyl (C=O) groups excluding carboxylic acids is 1. The Morgan fingerprint density at radius 3 is 2.75 bits per heavy atom. The third-order valence-electron chi connectivity index (χ3n) is 2.15. The van der Waals surface area contributed by atoms with Crippen LogP contribution in [-0.2, 0) is 4.79 Å². The number of nitrogens with one attached hydrogen (secondary N) is 1. The number of hydrogen-bond donors (Lipinski definition) is 1. The first-order valence-electron chi connectivity index (χ1n) is 4.88. The Labute approximate surface area is 93.0 Å². The molecule has 4 heteroatoms. The van der Waals surface area contributed by atoms with E-state index in [4.69, 9.17) is 0 Å². The molecule has 0 atom stereocenters. The lowest BCUT2D eigenvalue weighted by Crippen LogP contribution is -2.19. The van der Waals surface area contributed by atoms with E-state index < -0.39 is 11.6 Å². The summed E-state index contributed by atoms with van der Waals surface area (Å²) in [6.07, 6.45) is 3.33. The molecule has 1 N–H and O–H groups in total. The van der Waals surface area contributed by atoms with E-state index in [1.54, 1.807) is 12.2 Å². The van der Waals surface area contributed by atoms with Crippen LogP contribution >= 0.6 is 0 Å². The molecule has 0 fully saturated rings. The largest absolute Gasteiger partial charge is 0.353 e. The maximum Gasteiger partial charge on any atom is 0.217 e. The Bertz CT molecular complexity index is 427. The van der Waals surface area contributed by atoms with Crippen molar-refractivity contribution in [2.75, 3.05) is 6.54 Å². The minimum atomic E-state index is -0.850. The third kappa shape index (κ3) is 3.15. The van der Waals surface area contributed by atoms with E-state index in [1.165, 1.54) is 19.9 Å². The predicted octanol–water partition coefficient (Wildman–Crippen LogP) is 2.42. The molecule has 0 heterocycles. The quantitative estimate of drug-likeness (QED) is 0.841. The van der Waals surface area contributed by atoms with Crippen LogP contribution in [0.15, 0.2) is 18.2 Å². The Balaban J connectivity index is 2.74. The number of carbonyl (C=O) groups is 1. The molecule has 0 saturated carbocycles. The van der Waals surface area contributed by atoms with Gasteiger partial charge >= 0.3 is 0 Å². The molecule has 1 aromatic rings. The van der Waals surface area contributed by atoms with Crippen molar-refractivity contribution >= 4 is 12.0 Å². The fourth-order valence-electron chi connectivity index (χ4n) is 1.24. The van der Waals surface area contributed by atoms with Crippen LogP contribution in [0.4, 0.5) is 8.78 Å². The van der Waals surface area contributed by atoms with Crippen molar-refractivity contribution in [3.05, 3.63) is 41.0 Å². The van der Waals surface area contributed by atoms with Crippen LogP contribution in [0.3, 0.4) is 0 Å². The summed E-state index contributed by atoms with van der Waals surface area (Å²) in [5.74, 6) is -1.81. The van der Waals surface area contributed by atoms with Gasteiger partial charge in [0.25, 0.3) is 0 Å². The van der Waals surface area contributed by atoms with Gasteiger partial charge in [-0.25, -0.2) is 8.78 Å². The highest BCUT2D eigenvalue weighted by Crippen LogP contribution is 2.16. The SMILES string of the molecule is CC(=O)NCC=Cc1ccc(F)c(F)c1C. The van der Waals surface area contributed by atoms with E-state index in [1.807, 2.05) is 0 Å². The summed E-state index contributed by atoms with van der Waals surface area (Å²) in [5.41, 5.74) is 0.864. The number of halogens is 2. The molecule has 0 bridgehead atoms. The Hall–Kier alpha value is -1.71. The monoisotopic (exact) mass is 225 g/mol. The average Bonchev–Trinajstić information content (AvgIpc) is 2.23. The van der Waals surface area contributed by atoms with E-state index in [9.17, 15) is 13.6 Å². The molecule has 2 nitrogen and oxygen atoms in total. The lowest BCUT2D eigenvalue weighted by Gasteiger charge is -2.02. The molecule has 0 aromatic heterocycles. The predicted molar refractivity (Wildman–Crippen MR) is 58.8 cm³/mol. The van der Waals surface area contributed by atoms with Crippen LogP contribution in [-0.4, -0.2) is 12.5 Å². The molecule has 86 valence electrons. The summed E-state index contributed by atoms with van der Waals surface area (Å²) in [6.45, 7) is 3.29. The third-order valence-corrected chi connectivity index (χ3v) is 2.15. The van der Waals surface area contributed by atoms with Gasteiger partial charge in [0.05, 0.1) is 0 Å². The molecule has 0 spiro atoms. The van der Waals surface area contributed by atoms with Crippen molar-refractivity contribution in [2.45, 2.75) is 13.8 Å².